The highest BCUT2D eigenvalue weighted by atomic mass is 16.6. The average Bonchev–Trinajstić information content (AvgIpc) is 2.34. The minimum atomic E-state index is 0.0476. The molecule has 118 valence electrons. The summed E-state index contributed by atoms with van der Waals surface area (Å²) < 4.78 is 11.7. The summed E-state index contributed by atoms with van der Waals surface area (Å²) in [6.07, 6.45) is 8.10. The van der Waals surface area contributed by atoms with E-state index in [0.29, 0.717) is 6.10 Å². The normalized spacial score (nSPS) is 32.1. The minimum absolute atomic E-state index is 0.0476. The molecule has 0 amide bonds. The maximum absolute atomic E-state index is 6.45. The van der Waals surface area contributed by atoms with Gasteiger partial charge < -0.3 is 14.8 Å². The van der Waals surface area contributed by atoms with Crippen molar-refractivity contribution in [2.45, 2.75) is 83.5 Å². The fourth-order valence-electron chi connectivity index (χ4n) is 3.30. The van der Waals surface area contributed by atoms with Crippen LogP contribution in [0.5, 0.6) is 0 Å². The molecule has 1 saturated carbocycles. The van der Waals surface area contributed by atoms with E-state index in [1.165, 1.54) is 38.5 Å². The van der Waals surface area contributed by atoms with Gasteiger partial charge in [0.2, 0.25) is 0 Å². The van der Waals surface area contributed by atoms with Crippen LogP contribution in [0.2, 0.25) is 0 Å². The minimum Gasteiger partial charge on any atom is -0.376 e. The zero-order valence-corrected chi connectivity index (χ0v) is 13.8. The quantitative estimate of drug-likeness (QED) is 0.809. The van der Waals surface area contributed by atoms with E-state index in [1.807, 2.05) is 0 Å². The van der Waals surface area contributed by atoms with Gasteiger partial charge in [0.25, 0.3) is 0 Å². The van der Waals surface area contributed by atoms with E-state index in [1.54, 1.807) is 0 Å². The van der Waals surface area contributed by atoms with Crippen LogP contribution in [0.4, 0.5) is 0 Å². The van der Waals surface area contributed by atoms with Crippen molar-refractivity contribution < 1.29 is 9.47 Å². The van der Waals surface area contributed by atoms with Gasteiger partial charge in [-0.1, -0.05) is 19.8 Å². The fourth-order valence-corrected chi connectivity index (χ4v) is 3.30. The Morgan fingerprint density at radius 2 is 1.85 bits per heavy atom. The van der Waals surface area contributed by atoms with Crippen LogP contribution in [0.1, 0.15) is 66.2 Å². The topological polar surface area (TPSA) is 30.5 Å². The number of hydrogen-bond donors (Lipinski definition) is 1. The van der Waals surface area contributed by atoms with Gasteiger partial charge in [-0.3, -0.25) is 0 Å². The van der Waals surface area contributed by atoms with Crippen molar-refractivity contribution in [3.8, 4) is 0 Å². The van der Waals surface area contributed by atoms with Crippen LogP contribution in [0.15, 0.2) is 0 Å². The second-order valence-corrected chi connectivity index (χ2v) is 7.80. The lowest BCUT2D eigenvalue weighted by molar-refractivity contribution is -0.203. The Hall–Kier alpha value is -0.120. The Labute approximate surface area is 124 Å². The van der Waals surface area contributed by atoms with Crippen molar-refractivity contribution in [2.24, 2.45) is 5.92 Å². The van der Waals surface area contributed by atoms with Crippen LogP contribution in [-0.4, -0.2) is 37.0 Å². The molecule has 0 bridgehead atoms. The van der Waals surface area contributed by atoms with E-state index in [2.05, 4.69) is 33.0 Å². The first-order valence-corrected chi connectivity index (χ1v) is 8.43. The van der Waals surface area contributed by atoms with Crippen molar-refractivity contribution in [3.05, 3.63) is 0 Å². The van der Waals surface area contributed by atoms with Crippen molar-refractivity contribution in [1.82, 2.24) is 5.32 Å². The van der Waals surface area contributed by atoms with Crippen LogP contribution < -0.4 is 5.32 Å². The molecule has 1 heterocycles. The zero-order valence-electron chi connectivity index (χ0n) is 13.8. The summed E-state index contributed by atoms with van der Waals surface area (Å²) >= 11 is 0. The molecule has 0 radical (unpaired) electrons. The molecule has 1 aliphatic carbocycles. The van der Waals surface area contributed by atoms with Gasteiger partial charge >= 0.3 is 0 Å². The van der Waals surface area contributed by atoms with Gasteiger partial charge in [-0.25, -0.2) is 0 Å². The second-order valence-electron chi connectivity index (χ2n) is 7.80. The zero-order chi connectivity index (χ0) is 14.6. The van der Waals surface area contributed by atoms with E-state index in [-0.39, 0.29) is 11.1 Å². The molecule has 1 saturated heterocycles. The second kappa shape index (κ2) is 6.76. The largest absolute Gasteiger partial charge is 0.376 e. The van der Waals surface area contributed by atoms with Crippen molar-refractivity contribution in [2.75, 3.05) is 19.8 Å². The molecule has 1 N–H and O–H groups in total. The summed E-state index contributed by atoms with van der Waals surface area (Å²) in [7, 11) is 0. The predicted molar refractivity (Wildman–Crippen MR) is 83.0 cm³/mol. The van der Waals surface area contributed by atoms with Gasteiger partial charge in [0.1, 0.15) is 6.10 Å². The lowest BCUT2D eigenvalue weighted by Gasteiger charge is -2.45. The molecule has 3 nitrogen and oxygen atoms in total. The van der Waals surface area contributed by atoms with Gasteiger partial charge in [0.05, 0.1) is 18.8 Å². The predicted octanol–water partition coefficient (Wildman–Crippen LogP) is 3.52. The summed E-state index contributed by atoms with van der Waals surface area (Å²) in [4.78, 5) is 0. The molecule has 0 aromatic carbocycles. The fraction of sp³-hybridized carbons (Fsp3) is 1.00. The molecule has 0 atom stereocenters. The molecule has 2 fully saturated rings. The molecule has 0 unspecified atom stereocenters. The van der Waals surface area contributed by atoms with Crippen LogP contribution >= 0.6 is 0 Å². The highest BCUT2D eigenvalue weighted by molar-refractivity contribution is 4.92. The lowest BCUT2D eigenvalue weighted by atomic mass is 9.76. The maximum atomic E-state index is 6.45. The average molecular weight is 283 g/mol. The SMILES string of the molecule is CCCC1CCC(CNC(C)(C)C)(OC2COC2)CC1. The Balaban J connectivity index is 1.90. The third kappa shape index (κ3) is 4.71. The first-order chi connectivity index (χ1) is 9.42. The first kappa shape index (κ1) is 16.3. The maximum Gasteiger partial charge on any atom is 0.105 e. The Morgan fingerprint density at radius 1 is 1.20 bits per heavy atom. The molecule has 0 aromatic rings. The van der Waals surface area contributed by atoms with E-state index in [4.69, 9.17) is 9.47 Å². The number of nitrogens with one attached hydrogen (secondary N) is 1. The van der Waals surface area contributed by atoms with Crippen molar-refractivity contribution >= 4 is 0 Å². The Bertz CT molecular complexity index is 286. The Morgan fingerprint density at radius 3 is 2.30 bits per heavy atom. The lowest BCUT2D eigenvalue weighted by Crippen LogP contribution is -2.54. The number of hydrogen-bond acceptors (Lipinski definition) is 3. The van der Waals surface area contributed by atoms with Crippen LogP contribution in [0, 0.1) is 5.92 Å². The monoisotopic (exact) mass is 283 g/mol. The molecule has 20 heavy (non-hydrogen) atoms. The van der Waals surface area contributed by atoms with E-state index < -0.39 is 0 Å². The molecular formula is C17H33NO2. The summed E-state index contributed by atoms with van der Waals surface area (Å²) in [6.45, 7) is 11.5. The van der Waals surface area contributed by atoms with Crippen LogP contribution in [-0.2, 0) is 9.47 Å². The highest BCUT2D eigenvalue weighted by Gasteiger charge is 2.40. The summed E-state index contributed by atoms with van der Waals surface area (Å²) in [5.41, 5.74) is 0.207. The van der Waals surface area contributed by atoms with Crippen LogP contribution in [0.25, 0.3) is 0 Å². The molecule has 0 aromatic heterocycles. The summed E-state index contributed by atoms with van der Waals surface area (Å²) in [6, 6.07) is 0. The molecule has 0 spiro atoms. The van der Waals surface area contributed by atoms with Gasteiger partial charge in [-0.05, 0) is 52.4 Å². The van der Waals surface area contributed by atoms with Crippen molar-refractivity contribution in [3.63, 3.8) is 0 Å². The number of ether oxygens (including phenoxy) is 2. The molecule has 3 heteroatoms. The smallest absolute Gasteiger partial charge is 0.105 e. The van der Waals surface area contributed by atoms with Gasteiger partial charge in [0, 0.05) is 12.1 Å². The molecule has 2 rings (SSSR count). The summed E-state index contributed by atoms with van der Waals surface area (Å²) in [5.74, 6) is 0.920. The third-order valence-corrected chi connectivity index (χ3v) is 4.68. The van der Waals surface area contributed by atoms with E-state index in [9.17, 15) is 0 Å². The molecule has 1 aliphatic heterocycles. The van der Waals surface area contributed by atoms with Crippen LogP contribution in [0.3, 0.4) is 0 Å². The first-order valence-electron chi connectivity index (χ1n) is 8.43. The van der Waals surface area contributed by atoms with Gasteiger partial charge in [0.15, 0.2) is 0 Å². The molecular weight excluding hydrogens is 250 g/mol. The number of rotatable bonds is 6. The Kier molecular flexibility index (Phi) is 5.49. The van der Waals surface area contributed by atoms with Gasteiger partial charge in [-0.15, -0.1) is 0 Å². The summed E-state index contributed by atoms with van der Waals surface area (Å²) in [5, 5.41) is 3.67. The van der Waals surface area contributed by atoms with E-state index in [0.717, 1.165) is 25.7 Å². The molecule has 2 aliphatic rings. The third-order valence-electron chi connectivity index (χ3n) is 4.68. The highest BCUT2D eigenvalue weighted by Crippen LogP contribution is 2.38. The standard InChI is InChI=1S/C17H33NO2/c1-5-6-14-7-9-17(10-8-14,13-18-16(2,3)4)20-15-11-19-12-15/h14-15,18H,5-13H2,1-4H3. The van der Waals surface area contributed by atoms with Gasteiger partial charge in [-0.2, -0.15) is 0 Å². The van der Waals surface area contributed by atoms with Crippen molar-refractivity contribution in [1.29, 1.82) is 0 Å². The van der Waals surface area contributed by atoms with E-state index >= 15 is 0 Å².